The summed E-state index contributed by atoms with van der Waals surface area (Å²) >= 11 is 0. The highest BCUT2D eigenvalue weighted by molar-refractivity contribution is 5.44. The zero-order chi connectivity index (χ0) is 13.5. The zero-order valence-electron chi connectivity index (χ0n) is 12.1. The van der Waals surface area contributed by atoms with Crippen LogP contribution in [0.2, 0.25) is 0 Å². The normalized spacial score (nSPS) is 16.3. The van der Waals surface area contributed by atoms with Gasteiger partial charge in [-0.05, 0) is 43.9 Å². The Kier molecular flexibility index (Phi) is 5.67. The molecule has 1 aliphatic carbocycles. The quantitative estimate of drug-likeness (QED) is 0.692. The summed E-state index contributed by atoms with van der Waals surface area (Å²) in [5.74, 6) is 0.854. The van der Waals surface area contributed by atoms with E-state index in [4.69, 9.17) is 4.74 Å². The van der Waals surface area contributed by atoms with Gasteiger partial charge >= 0.3 is 0 Å². The third-order valence-corrected chi connectivity index (χ3v) is 3.81. The van der Waals surface area contributed by atoms with Crippen LogP contribution in [0.15, 0.2) is 30.3 Å². The minimum Gasteiger partial charge on any atom is -0.383 e. The minimum absolute atomic E-state index is 0.562. The molecule has 0 amide bonds. The van der Waals surface area contributed by atoms with Crippen molar-refractivity contribution in [3.8, 4) is 0 Å². The second kappa shape index (κ2) is 7.51. The fraction of sp³-hybridized carbons (Fsp3) is 0.625. The maximum atomic E-state index is 5.28. The molecule has 1 fully saturated rings. The lowest BCUT2D eigenvalue weighted by molar-refractivity contribution is 0.157. The first-order chi connectivity index (χ1) is 9.31. The number of methoxy groups -OCH3 is 1. The number of nitrogens with one attached hydrogen (secondary N) is 1. The molecule has 106 valence electrons. The molecule has 1 unspecified atom stereocenters. The van der Waals surface area contributed by atoms with Gasteiger partial charge in [-0.1, -0.05) is 18.2 Å². The van der Waals surface area contributed by atoms with Gasteiger partial charge < -0.3 is 15.0 Å². The van der Waals surface area contributed by atoms with Crippen LogP contribution in [0, 0.1) is 5.92 Å². The van der Waals surface area contributed by atoms with Crippen LogP contribution < -0.4 is 10.2 Å². The van der Waals surface area contributed by atoms with Gasteiger partial charge in [0.25, 0.3) is 0 Å². The smallest absolute Gasteiger partial charge is 0.0618 e. The third-order valence-electron chi connectivity index (χ3n) is 3.81. The molecule has 0 spiro atoms. The molecule has 3 nitrogen and oxygen atoms in total. The van der Waals surface area contributed by atoms with Crippen LogP contribution in [0.3, 0.4) is 0 Å². The highest BCUT2D eigenvalue weighted by Gasteiger charge is 2.30. The predicted octanol–water partition coefficient (Wildman–Crippen LogP) is 2.53. The van der Waals surface area contributed by atoms with Gasteiger partial charge in [0.15, 0.2) is 0 Å². The molecular weight excluding hydrogens is 236 g/mol. The Bertz CT molecular complexity index is 351. The Morgan fingerprint density at radius 2 is 2.05 bits per heavy atom. The lowest BCUT2D eigenvalue weighted by Gasteiger charge is -2.21. The van der Waals surface area contributed by atoms with Crippen molar-refractivity contribution < 1.29 is 4.74 Å². The monoisotopic (exact) mass is 262 g/mol. The predicted molar refractivity (Wildman–Crippen MR) is 80.7 cm³/mol. The highest BCUT2D eigenvalue weighted by Crippen LogP contribution is 2.32. The fourth-order valence-corrected chi connectivity index (χ4v) is 2.46. The first-order valence-electron chi connectivity index (χ1n) is 7.29. The molecule has 1 aliphatic rings. The lowest BCUT2D eigenvalue weighted by Crippen LogP contribution is -2.36. The molecule has 1 aromatic carbocycles. The second-order valence-corrected chi connectivity index (χ2v) is 5.46. The molecule has 0 radical (unpaired) electrons. The van der Waals surface area contributed by atoms with E-state index in [1.807, 2.05) is 0 Å². The van der Waals surface area contributed by atoms with E-state index < -0.39 is 0 Å². The van der Waals surface area contributed by atoms with E-state index >= 15 is 0 Å². The molecule has 1 atom stereocenters. The van der Waals surface area contributed by atoms with E-state index in [9.17, 15) is 0 Å². The molecule has 1 N–H and O–H groups in total. The van der Waals surface area contributed by atoms with Crippen LogP contribution in [0.4, 0.5) is 5.69 Å². The van der Waals surface area contributed by atoms with Gasteiger partial charge in [-0.2, -0.15) is 0 Å². The van der Waals surface area contributed by atoms with Crippen LogP contribution >= 0.6 is 0 Å². The summed E-state index contributed by atoms with van der Waals surface area (Å²) < 4.78 is 5.28. The third kappa shape index (κ3) is 4.84. The van der Waals surface area contributed by atoms with Gasteiger partial charge in [0, 0.05) is 32.4 Å². The first-order valence-corrected chi connectivity index (χ1v) is 7.29. The van der Waals surface area contributed by atoms with Gasteiger partial charge in [0.1, 0.15) is 0 Å². The molecule has 19 heavy (non-hydrogen) atoms. The molecule has 1 saturated carbocycles. The highest BCUT2D eigenvalue weighted by atomic mass is 16.5. The number of benzene rings is 1. The van der Waals surface area contributed by atoms with Crippen molar-refractivity contribution in [3.63, 3.8) is 0 Å². The van der Waals surface area contributed by atoms with Gasteiger partial charge in [-0.15, -0.1) is 0 Å². The van der Waals surface area contributed by atoms with Gasteiger partial charge in [-0.25, -0.2) is 0 Å². The van der Waals surface area contributed by atoms with E-state index in [0.717, 1.165) is 25.6 Å². The Labute approximate surface area is 116 Å². The molecule has 0 saturated heterocycles. The number of para-hydroxylation sites is 1. The molecule has 0 bridgehead atoms. The van der Waals surface area contributed by atoms with Gasteiger partial charge in [0.2, 0.25) is 0 Å². The van der Waals surface area contributed by atoms with Gasteiger partial charge in [0.05, 0.1) is 6.61 Å². The van der Waals surface area contributed by atoms with E-state index in [2.05, 4.69) is 47.6 Å². The standard InChI is InChI=1S/C16H26N2O/c1-18(15-7-4-3-5-8-15)12-6-11-17-16(13-19-2)14-9-10-14/h3-5,7-8,14,16-17H,6,9-13H2,1-2H3. The fourth-order valence-electron chi connectivity index (χ4n) is 2.46. The Morgan fingerprint density at radius 1 is 1.32 bits per heavy atom. The van der Waals surface area contributed by atoms with Crippen molar-refractivity contribution in [2.45, 2.75) is 25.3 Å². The van der Waals surface area contributed by atoms with Crippen molar-refractivity contribution in [3.05, 3.63) is 30.3 Å². The minimum atomic E-state index is 0.562. The Morgan fingerprint density at radius 3 is 2.68 bits per heavy atom. The summed E-state index contributed by atoms with van der Waals surface area (Å²) in [6, 6.07) is 11.1. The lowest BCUT2D eigenvalue weighted by atomic mass is 10.2. The maximum Gasteiger partial charge on any atom is 0.0618 e. The topological polar surface area (TPSA) is 24.5 Å². The summed E-state index contributed by atoms with van der Waals surface area (Å²) in [5.41, 5.74) is 1.29. The SMILES string of the molecule is COCC(NCCCN(C)c1ccccc1)C1CC1. The molecule has 1 aromatic rings. The average Bonchev–Trinajstić information content (AvgIpc) is 3.27. The molecule has 0 aromatic heterocycles. The summed E-state index contributed by atoms with van der Waals surface area (Å²) in [7, 11) is 3.95. The number of nitrogens with zero attached hydrogens (tertiary/aromatic N) is 1. The number of anilines is 1. The molecule has 0 aliphatic heterocycles. The average molecular weight is 262 g/mol. The number of ether oxygens (including phenoxy) is 1. The maximum absolute atomic E-state index is 5.28. The molecule has 3 heteroatoms. The largest absolute Gasteiger partial charge is 0.383 e. The van der Waals surface area contributed by atoms with Crippen molar-refractivity contribution in [1.82, 2.24) is 5.32 Å². The van der Waals surface area contributed by atoms with Crippen molar-refractivity contribution in [1.29, 1.82) is 0 Å². The number of hydrogen-bond acceptors (Lipinski definition) is 3. The van der Waals surface area contributed by atoms with Crippen molar-refractivity contribution in [2.24, 2.45) is 5.92 Å². The summed E-state index contributed by atoms with van der Waals surface area (Å²) in [6.07, 6.45) is 3.90. The zero-order valence-corrected chi connectivity index (χ0v) is 12.1. The van der Waals surface area contributed by atoms with Crippen molar-refractivity contribution in [2.75, 3.05) is 38.8 Å². The second-order valence-electron chi connectivity index (χ2n) is 5.46. The van der Waals surface area contributed by atoms with Crippen LogP contribution in [0.25, 0.3) is 0 Å². The molecular formula is C16H26N2O. The van der Waals surface area contributed by atoms with E-state index in [1.165, 1.54) is 24.9 Å². The van der Waals surface area contributed by atoms with E-state index in [0.29, 0.717) is 6.04 Å². The molecule has 2 rings (SSSR count). The van der Waals surface area contributed by atoms with Crippen molar-refractivity contribution >= 4 is 5.69 Å². The van der Waals surface area contributed by atoms with Gasteiger partial charge in [-0.3, -0.25) is 0 Å². The summed E-state index contributed by atoms with van der Waals surface area (Å²) in [6.45, 7) is 3.00. The molecule has 0 heterocycles. The Balaban J connectivity index is 1.63. The van der Waals surface area contributed by atoms with Crippen LogP contribution in [-0.2, 0) is 4.74 Å². The Hall–Kier alpha value is -1.06. The summed E-state index contributed by atoms with van der Waals surface area (Å²) in [4.78, 5) is 2.31. The van der Waals surface area contributed by atoms with E-state index in [-0.39, 0.29) is 0 Å². The van der Waals surface area contributed by atoms with Crippen LogP contribution in [-0.4, -0.2) is 39.9 Å². The van der Waals surface area contributed by atoms with Crippen LogP contribution in [0.1, 0.15) is 19.3 Å². The van der Waals surface area contributed by atoms with Crippen LogP contribution in [0.5, 0.6) is 0 Å². The summed E-state index contributed by atoms with van der Waals surface area (Å²) in [5, 5.41) is 3.64. The first kappa shape index (κ1) is 14.4. The number of rotatable bonds is 9. The van der Waals surface area contributed by atoms with E-state index in [1.54, 1.807) is 7.11 Å². The number of hydrogen-bond donors (Lipinski definition) is 1.